The number of hydrogen-bond donors (Lipinski definition) is 1. The molecule has 120 valence electrons. The number of nitrogens with one attached hydrogen (secondary N) is 1. The van der Waals surface area contributed by atoms with Gasteiger partial charge in [0.2, 0.25) is 0 Å². The zero-order valence-electron chi connectivity index (χ0n) is 12.9. The predicted molar refractivity (Wildman–Crippen MR) is 107 cm³/mol. The standard InChI is InChI=1S/C18H18Br2N2S/c1-12-3-4-14(19)9-13(12)11-23-17-10-15(20)5-6-16(17)18-21-7-2-8-22-18/h3-6,9-10H,2,7-8,11H2,1H3,(H,21,22). The van der Waals surface area contributed by atoms with Crippen LogP contribution in [-0.2, 0) is 5.75 Å². The van der Waals surface area contributed by atoms with Gasteiger partial charge in [0, 0.05) is 38.2 Å². The summed E-state index contributed by atoms with van der Waals surface area (Å²) in [6, 6.07) is 12.9. The number of benzene rings is 2. The molecular weight excluding hydrogens is 436 g/mol. The van der Waals surface area contributed by atoms with Crippen LogP contribution >= 0.6 is 43.6 Å². The van der Waals surface area contributed by atoms with Crippen molar-refractivity contribution < 1.29 is 0 Å². The summed E-state index contributed by atoms with van der Waals surface area (Å²) in [4.78, 5) is 5.90. The number of amidine groups is 1. The van der Waals surface area contributed by atoms with Crippen molar-refractivity contribution in [3.05, 3.63) is 62.0 Å². The Morgan fingerprint density at radius 2 is 1.91 bits per heavy atom. The van der Waals surface area contributed by atoms with Crippen LogP contribution in [0, 0.1) is 6.92 Å². The van der Waals surface area contributed by atoms with Crippen LogP contribution in [-0.4, -0.2) is 18.9 Å². The molecule has 1 aliphatic heterocycles. The number of nitrogens with zero attached hydrogens (tertiary/aromatic N) is 1. The van der Waals surface area contributed by atoms with E-state index in [0.29, 0.717) is 0 Å². The van der Waals surface area contributed by atoms with Gasteiger partial charge in [-0.3, -0.25) is 4.99 Å². The number of aryl methyl sites for hydroxylation is 1. The number of halogens is 2. The lowest BCUT2D eigenvalue weighted by Crippen LogP contribution is -2.30. The molecule has 0 amide bonds. The molecule has 1 aliphatic rings. The molecule has 23 heavy (non-hydrogen) atoms. The highest BCUT2D eigenvalue weighted by atomic mass is 79.9. The number of aliphatic imine (C=N–C) groups is 1. The predicted octanol–water partition coefficient (Wildman–Crippen LogP) is 5.55. The fourth-order valence-electron chi connectivity index (χ4n) is 2.48. The first-order chi connectivity index (χ1) is 11.1. The normalized spacial score (nSPS) is 14.3. The van der Waals surface area contributed by atoms with Crippen LogP contribution < -0.4 is 5.32 Å². The van der Waals surface area contributed by atoms with Gasteiger partial charge < -0.3 is 5.32 Å². The minimum absolute atomic E-state index is 0.910. The van der Waals surface area contributed by atoms with Gasteiger partial charge in [-0.2, -0.15) is 0 Å². The SMILES string of the molecule is Cc1ccc(Br)cc1CSc1cc(Br)ccc1C1=NCCCN1. The van der Waals surface area contributed by atoms with E-state index in [1.165, 1.54) is 21.6 Å². The highest BCUT2D eigenvalue weighted by Gasteiger charge is 2.13. The Kier molecular flexibility index (Phi) is 5.83. The summed E-state index contributed by atoms with van der Waals surface area (Å²) in [6.45, 7) is 4.08. The number of rotatable bonds is 4. The molecular formula is C18H18Br2N2S. The first kappa shape index (κ1) is 17.1. The molecule has 0 radical (unpaired) electrons. The van der Waals surface area contributed by atoms with Gasteiger partial charge in [-0.05, 0) is 54.8 Å². The number of thioether (sulfide) groups is 1. The van der Waals surface area contributed by atoms with Crippen molar-refractivity contribution >= 4 is 49.5 Å². The van der Waals surface area contributed by atoms with Crippen LogP contribution in [0.25, 0.3) is 0 Å². The molecule has 0 aromatic heterocycles. The van der Waals surface area contributed by atoms with Gasteiger partial charge in [-0.15, -0.1) is 11.8 Å². The van der Waals surface area contributed by atoms with Crippen molar-refractivity contribution in [3.63, 3.8) is 0 Å². The maximum absolute atomic E-state index is 4.65. The molecule has 0 unspecified atom stereocenters. The maximum atomic E-state index is 4.65. The Hall–Kier alpha value is -0.780. The van der Waals surface area contributed by atoms with Gasteiger partial charge in [-0.1, -0.05) is 37.9 Å². The van der Waals surface area contributed by atoms with Crippen LogP contribution in [0.5, 0.6) is 0 Å². The second-order valence-corrected chi connectivity index (χ2v) is 8.36. The van der Waals surface area contributed by atoms with E-state index < -0.39 is 0 Å². The molecule has 0 bridgehead atoms. The lowest BCUT2D eigenvalue weighted by molar-refractivity contribution is 0.741. The van der Waals surface area contributed by atoms with Gasteiger partial charge in [0.1, 0.15) is 5.84 Å². The van der Waals surface area contributed by atoms with Gasteiger partial charge in [-0.25, -0.2) is 0 Å². The van der Waals surface area contributed by atoms with E-state index in [9.17, 15) is 0 Å². The molecule has 1 heterocycles. The van der Waals surface area contributed by atoms with Gasteiger partial charge in [0.05, 0.1) is 0 Å². The highest BCUT2D eigenvalue weighted by Crippen LogP contribution is 2.31. The zero-order valence-corrected chi connectivity index (χ0v) is 16.9. The van der Waals surface area contributed by atoms with Crippen LogP contribution in [0.2, 0.25) is 0 Å². The van der Waals surface area contributed by atoms with Crippen molar-refractivity contribution in [2.45, 2.75) is 24.0 Å². The molecule has 2 aromatic carbocycles. The molecule has 1 N–H and O–H groups in total. The smallest absolute Gasteiger partial charge is 0.129 e. The van der Waals surface area contributed by atoms with E-state index in [-0.39, 0.29) is 0 Å². The van der Waals surface area contributed by atoms with Crippen LogP contribution in [0.1, 0.15) is 23.1 Å². The van der Waals surface area contributed by atoms with Gasteiger partial charge in [0.15, 0.2) is 0 Å². The fraction of sp³-hybridized carbons (Fsp3) is 0.278. The molecule has 0 atom stereocenters. The van der Waals surface area contributed by atoms with E-state index in [1.54, 1.807) is 0 Å². The Labute approximate surface area is 158 Å². The average Bonchev–Trinajstić information content (AvgIpc) is 2.56. The Morgan fingerprint density at radius 3 is 2.70 bits per heavy atom. The first-order valence-electron chi connectivity index (χ1n) is 7.59. The summed E-state index contributed by atoms with van der Waals surface area (Å²) in [5.41, 5.74) is 3.88. The molecule has 0 saturated heterocycles. The number of hydrogen-bond acceptors (Lipinski definition) is 3. The van der Waals surface area contributed by atoms with E-state index in [1.807, 2.05) is 11.8 Å². The van der Waals surface area contributed by atoms with Crippen LogP contribution in [0.4, 0.5) is 0 Å². The summed E-state index contributed by atoms with van der Waals surface area (Å²) in [7, 11) is 0. The van der Waals surface area contributed by atoms with Gasteiger partial charge >= 0.3 is 0 Å². The van der Waals surface area contributed by atoms with Gasteiger partial charge in [0.25, 0.3) is 0 Å². The van der Waals surface area contributed by atoms with Crippen LogP contribution in [0.15, 0.2) is 55.2 Å². The lowest BCUT2D eigenvalue weighted by atomic mass is 10.1. The summed E-state index contributed by atoms with van der Waals surface area (Å²) in [5.74, 6) is 1.97. The van der Waals surface area contributed by atoms with E-state index in [0.717, 1.165) is 40.0 Å². The highest BCUT2D eigenvalue weighted by molar-refractivity contribution is 9.10. The summed E-state index contributed by atoms with van der Waals surface area (Å²) >= 11 is 9.02. The molecule has 0 saturated carbocycles. The van der Waals surface area contributed by atoms with Crippen molar-refractivity contribution in [2.75, 3.05) is 13.1 Å². The second-order valence-electron chi connectivity index (χ2n) is 5.51. The third kappa shape index (κ3) is 4.40. The minimum atomic E-state index is 0.910. The zero-order chi connectivity index (χ0) is 16.2. The molecule has 2 nitrogen and oxygen atoms in total. The summed E-state index contributed by atoms with van der Waals surface area (Å²) in [6.07, 6.45) is 1.11. The third-order valence-corrected chi connectivity index (χ3v) is 5.88. The Morgan fingerprint density at radius 1 is 1.13 bits per heavy atom. The average molecular weight is 454 g/mol. The molecule has 3 rings (SSSR count). The first-order valence-corrected chi connectivity index (χ1v) is 10.2. The van der Waals surface area contributed by atoms with Crippen molar-refractivity contribution in [1.82, 2.24) is 5.32 Å². The van der Waals surface area contributed by atoms with E-state index >= 15 is 0 Å². The molecule has 0 spiro atoms. The van der Waals surface area contributed by atoms with E-state index in [2.05, 4.69) is 85.5 Å². The monoisotopic (exact) mass is 452 g/mol. The van der Waals surface area contributed by atoms with Crippen molar-refractivity contribution in [3.8, 4) is 0 Å². The molecule has 2 aromatic rings. The third-order valence-electron chi connectivity index (χ3n) is 3.79. The molecule has 0 fully saturated rings. The lowest BCUT2D eigenvalue weighted by Gasteiger charge is -2.18. The van der Waals surface area contributed by atoms with E-state index in [4.69, 9.17) is 0 Å². The van der Waals surface area contributed by atoms with Crippen molar-refractivity contribution in [1.29, 1.82) is 0 Å². The van der Waals surface area contributed by atoms with Crippen molar-refractivity contribution in [2.24, 2.45) is 4.99 Å². The largest absolute Gasteiger partial charge is 0.370 e. The molecule has 0 aliphatic carbocycles. The molecule has 5 heteroatoms. The second kappa shape index (κ2) is 7.86. The fourth-order valence-corrected chi connectivity index (χ4v) is 4.55. The summed E-state index contributed by atoms with van der Waals surface area (Å²) < 4.78 is 2.23. The topological polar surface area (TPSA) is 24.4 Å². The van der Waals surface area contributed by atoms with Crippen LogP contribution in [0.3, 0.4) is 0 Å². The Bertz CT molecular complexity index is 744. The Balaban J connectivity index is 1.85. The summed E-state index contributed by atoms with van der Waals surface area (Å²) in [5, 5.41) is 3.43. The maximum Gasteiger partial charge on any atom is 0.129 e. The quantitative estimate of drug-likeness (QED) is 0.613. The minimum Gasteiger partial charge on any atom is -0.370 e.